The van der Waals surface area contributed by atoms with E-state index in [1.54, 1.807) is 62.8 Å². The van der Waals surface area contributed by atoms with Gasteiger partial charge in [0.25, 0.3) is 11.7 Å². The molecule has 1 heterocycles. The second kappa shape index (κ2) is 11.9. The first-order chi connectivity index (χ1) is 19.1. The zero-order valence-corrected chi connectivity index (χ0v) is 24.1. The summed E-state index contributed by atoms with van der Waals surface area (Å²) in [5.41, 5.74) is 3.31. The summed E-state index contributed by atoms with van der Waals surface area (Å²) in [6.45, 7) is 10.6. The standard InChI is InChI=1S/C33H37NO6/c1-19(2)18-40-25-14-10-23(11-15-25)34-30(22-8-12-24(38-6)13-9-22)29(32(36)33(34)37)31(35)27-17-26(20(3)4)28(39-7)16-21(27)5/h8-17,19-20,30,35H,18H2,1-7H3/b31-29+. The van der Waals surface area contributed by atoms with Gasteiger partial charge in [-0.2, -0.15) is 0 Å². The maximum atomic E-state index is 13.6. The van der Waals surface area contributed by atoms with Gasteiger partial charge in [-0.15, -0.1) is 0 Å². The third-order valence-corrected chi connectivity index (χ3v) is 7.03. The maximum Gasteiger partial charge on any atom is 0.300 e. The van der Waals surface area contributed by atoms with E-state index in [0.29, 0.717) is 46.6 Å². The van der Waals surface area contributed by atoms with Crippen LogP contribution in [0.3, 0.4) is 0 Å². The van der Waals surface area contributed by atoms with Crippen molar-refractivity contribution in [1.29, 1.82) is 0 Å². The number of carbonyl (C=O) groups excluding carboxylic acids is 2. The van der Waals surface area contributed by atoms with Gasteiger partial charge in [0.05, 0.1) is 32.4 Å². The molecule has 3 aromatic rings. The van der Waals surface area contributed by atoms with Crippen molar-refractivity contribution in [3.05, 3.63) is 88.5 Å². The van der Waals surface area contributed by atoms with Crippen molar-refractivity contribution in [2.24, 2.45) is 5.92 Å². The van der Waals surface area contributed by atoms with E-state index in [2.05, 4.69) is 13.8 Å². The van der Waals surface area contributed by atoms with E-state index in [1.807, 2.05) is 32.9 Å². The van der Waals surface area contributed by atoms with Crippen LogP contribution in [0, 0.1) is 12.8 Å². The van der Waals surface area contributed by atoms with Gasteiger partial charge in [-0.1, -0.05) is 39.8 Å². The Kier molecular flexibility index (Phi) is 8.52. The summed E-state index contributed by atoms with van der Waals surface area (Å²) in [4.78, 5) is 28.6. The number of ketones is 1. The summed E-state index contributed by atoms with van der Waals surface area (Å²) in [6.07, 6.45) is 0. The number of carbonyl (C=O) groups is 2. The van der Waals surface area contributed by atoms with Crippen LogP contribution < -0.4 is 19.1 Å². The van der Waals surface area contributed by atoms with E-state index >= 15 is 0 Å². The van der Waals surface area contributed by atoms with Gasteiger partial charge in [-0.3, -0.25) is 14.5 Å². The number of hydrogen-bond acceptors (Lipinski definition) is 6. The fourth-order valence-corrected chi connectivity index (χ4v) is 4.89. The minimum absolute atomic E-state index is 0.0262. The fourth-order valence-electron chi connectivity index (χ4n) is 4.89. The Labute approximate surface area is 236 Å². The highest BCUT2D eigenvalue weighted by Gasteiger charge is 2.47. The minimum Gasteiger partial charge on any atom is -0.507 e. The molecule has 1 amide bonds. The Balaban J connectivity index is 1.89. The smallest absolute Gasteiger partial charge is 0.300 e. The van der Waals surface area contributed by atoms with Crippen molar-refractivity contribution in [1.82, 2.24) is 0 Å². The van der Waals surface area contributed by atoms with E-state index in [0.717, 1.165) is 11.1 Å². The van der Waals surface area contributed by atoms with Crippen molar-refractivity contribution in [3.8, 4) is 17.2 Å². The van der Waals surface area contributed by atoms with Crippen LogP contribution in [0.1, 0.15) is 61.9 Å². The van der Waals surface area contributed by atoms with Crippen LogP contribution in [0.15, 0.2) is 66.2 Å². The van der Waals surface area contributed by atoms with Gasteiger partial charge in [0.1, 0.15) is 23.0 Å². The van der Waals surface area contributed by atoms with E-state index < -0.39 is 17.7 Å². The van der Waals surface area contributed by atoms with Gasteiger partial charge in [-0.05, 0) is 84.0 Å². The first-order valence-corrected chi connectivity index (χ1v) is 13.4. The molecule has 40 heavy (non-hydrogen) atoms. The molecule has 3 aromatic carbocycles. The molecule has 1 N–H and O–H groups in total. The van der Waals surface area contributed by atoms with Crippen LogP contribution in [0.5, 0.6) is 17.2 Å². The highest BCUT2D eigenvalue weighted by molar-refractivity contribution is 6.51. The number of aliphatic hydroxyl groups excluding tert-OH is 1. The lowest BCUT2D eigenvalue weighted by atomic mass is 9.91. The third kappa shape index (κ3) is 5.55. The van der Waals surface area contributed by atoms with Gasteiger partial charge >= 0.3 is 0 Å². The van der Waals surface area contributed by atoms with E-state index in [-0.39, 0.29) is 17.3 Å². The third-order valence-electron chi connectivity index (χ3n) is 7.03. The highest BCUT2D eigenvalue weighted by Crippen LogP contribution is 2.44. The molecule has 210 valence electrons. The molecule has 1 aliphatic rings. The predicted molar refractivity (Wildman–Crippen MR) is 156 cm³/mol. The zero-order valence-electron chi connectivity index (χ0n) is 24.1. The predicted octanol–water partition coefficient (Wildman–Crippen LogP) is 6.80. The second-order valence-corrected chi connectivity index (χ2v) is 10.7. The molecule has 1 fully saturated rings. The van der Waals surface area contributed by atoms with Crippen LogP contribution in [0.2, 0.25) is 0 Å². The molecular formula is C33H37NO6. The maximum absolute atomic E-state index is 13.6. The number of nitrogens with zero attached hydrogens (tertiary/aromatic N) is 1. The van der Waals surface area contributed by atoms with Crippen LogP contribution in [0.25, 0.3) is 5.76 Å². The van der Waals surface area contributed by atoms with Crippen LogP contribution in [-0.2, 0) is 9.59 Å². The van der Waals surface area contributed by atoms with E-state index in [9.17, 15) is 14.7 Å². The van der Waals surface area contributed by atoms with Crippen LogP contribution in [0.4, 0.5) is 5.69 Å². The number of aliphatic hydroxyl groups is 1. The molecular weight excluding hydrogens is 506 g/mol. The largest absolute Gasteiger partial charge is 0.507 e. The summed E-state index contributed by atoms with van der Waals surface area (Å²) in [7, 11) is 3.18. The molecule has 0 spiro atoms. The monoisotopic (exact) mass is 543 g/mol. The normalized spacial score (nSPS) is 16.6. The number of aryl methyl sites for hydroxylation is 1. The summed E-state index contributed by atoms with van der Waals surface area (Å²) < 4.78 is 16.7. The van der Waals surface area contributed by atoms with E-state index in [1.165, 1.54) is 4.90 Å². The molecule has 0 bridgehead atoms. The number of anilines is 1. The summed E-state index contributed by atoms with van der Waals surface area (Å²) in [5.74, 6) is 0.804. The van der Waals surface area contributed by atoms with Crippen LogP contribution >= 0.6 is 0 Å². The van der Waals surface area contributed by atoms with Crippen molar-refractivity contribution in [3.63, 3.8) is 0 Å². The Morgan fingerprint density at radius 3 is 2.08 bits per heavy atom. The summed E-state index contributed by atoms with van der Waals surface area (Å²) in [5, 5.41) is 11.7. The summed E-state index contributed by atoms with van der Waals surface area (Å²) >= 11 is 0. The Hall–Kier alpha value is -4.26. The Bertz CT molecular complexity index is 1420. The number of Topliss-reactive ketones (excluding diaryl/α,β-unsaturated/α-hetero) is 1. The van der Waals surface area contributed by atoms with Gasteiger partial charge in [0, 0.05) is 11.3 Å². The number of benzene rings is 3. The number of hydrogen-bond donors (Lipinski definition) is 1. The highest BCUT2D eigenvalue weighted by atomic mass is 16.5. The molecule has 7 nitrogen and oxygen atoms in total. The Morgan fingerprint density at radius 1 is 0.900 bits per heavy atom. The molecule has 0 aromatic heterocycles. The second-order valence-electron chi connectivity index (χ2n) is 10.7. The Morgan fingerprint density at radius 2 is 1.52 bits per heavy atom. The number of methoxy groups -OCH3 is 2. The fraction of sp³-hybridized carbons (Fsp3) is 0.333. The molecule has 0 aliphatic carbocycles. The lowest BCUT2D eigenvalue weighted by Gasteiger charge is -2.26. The molecule has 0 saturated carbocycles. The van der Waals surface area contributed by atoms with Gasteiger partial charge in [0.2, 0.25) is 0 Å². The molecule has 0 radical (unpaired) electrons. The molecule has 4 rings (SSSR count). The molecule has 1 saturated heterocycles. The first kappa shape index (κ1) is 28.7. The number of rotatable bonds is 9. The van der Waals surface area contributed by atoms with Gasteiger partial charge < -0.3 is 19.3 Å². The quantitative estimate of drug-likeness (QED) is 0.182. The molecule has 1 atom stereocenters. The van der Waals surface area contributed by atoms with Crippen molar-refractivity contribution in [2.45, 2.75) is 46.6 Å². The SMILES string of the molecule is COc1ccc(C2/C(=C(\O)c3cc(C(C)C)c(OC)cc3C)C(=O)C(=O)N2c2ccc(OCC(C)C)cc2)cc1. The minimum atomic E-state index is -0.850. The topological polar surface area (TPSA) is 85.3 Å². The molecule has 1 aliphatic heterocycles. The lowest BCUT2D eigenvalue weighted by molar-refractivity contribution is -0.132. The number of amides is 1. The first-order valence-electron chi connectivity index (χ1n) is 13.4. The van der Waals surface area contributed by atoms with E-state index in [4.69, 9.17) is 14.2 Å². The van der Waals surface area contributed by atoms with Crippen molar-refractivity contribution < 1.29 is 28.9 Å². The summed E-state index contributed by atoms with van der Waals surface area (Å²) in [6, 6.07) is 17.1. The van der Waals surface area contributed by atoms with Gasteiger partial charge in [0.15, 0.2) is 0 Å². The number of ether oxygens (including phenoxy) is 3. The zero-order chi connectivity index (χ0) is 29.1. The molecule has 1 unspecified atom stereocenters. The van der Waals surface area contributed by atoms with Crippen LogP contribution in [-0.4, -0.2) is 37.6 Å². The van der Waals surface area contributed by atoms with Crippen molar-refractivity contribution >= 4 is 23.1 Å². The van der Waals surface area contributed by atoms with Crippen molar-refractivity contribution in [2.75, 3.05) is 25.7 Å². The average Bonchev–Trinajstić information content (AvgIpc) is 3.21. The van der Waals surface area contributed by atoms with Gasteiger partial charge in [-0.25, -0.2) is 0 Å². The lowest BCUT2D eigenvalue weighted by Crippen LogP contribution is -2.29. The molecule has 7 heteroatoms. The average molecular weight is 544 g/mol.